The quantitative estimate of drug-likeness (QED) is 0.692. The summed E-state index contributed by atoms with van der Waals surface area (Å²) in [4.78, 5) is 0. The number of hydrogen-bond donors (Lipinski definition) is 0. The number of fused-ring (bicyclic) bond motifs is 1. The molecular weight excluding hydrogens is 298 g/mol. The van der Waals surface area contributed by atoms with E-state index in [4.69, 9.17) is 0 Å². The van der Waals surface area contributed by atoms with Crippen molar-refractivity contribution in [2.75, 3.05) is 0 Å². The van der Waals surface area contributed by atoms with Gasteiger partial charge >= 0.3 is 0 Å². The standard InChI is InChI=1S/C10H8FIS/c1-2-7-8-5-6(12)3-4-9(8)13-10(7)11/h3-5H,2H2,1H3. The van der Waals surface area contributed by atoms with Crippen molar-refractivity contribution in [2.24, 2.45) is 0 Å². The van der Waals surface area contributed by atoms with E-state index >= 15 is 0 Å². The van der Waals surface area contributed by atoms with Crippen LogP contribution in [0.4, 0.5) is 4.39 Å². The Bertz CT molecular complexity index is 447. The van der Waals surface area contributed by atoms with Gasteiger partial charge in [0.1, 0.15) is 0 Å². The molecule has 0 aliphatic rings. The van der Waals surface area contributed by atoms with E-state index in [1.807, 2.05) is 25.1 Å². The highest BCUT2D eigenvalue weighted by atomic mass is 127. The lowest BCUT2D eigenvalue weighted by atomic mass is 10.1. The van der Waals surface area contributed by atoms with Gasteiger partial charge in [-0.15, -0.1) is 11.3 Å². The third kappa shape index (κ3) is 1.59. The molecule has 68 valence electrons. The van der Waals surface area contributed by atoms with Crippen LogP contribution in [0.1, 0.15) is 12.5 Å². The van der Waals surface area contributed by atoms with Crippen LogP contribution in [0.5, 0.6) is 0 Å². The Morgan fingerprint density at radius 2 is 2.23 bits per heavy atom. The summed E-state index contributed by atoms with van der Waals surface area (Å²) in [7, 11) is 0. The average Bonchev–Trinajstić information content (AvgIpc) is 2.40. The summed E-state index contributed by atoms with van der Waals surface area (Å²) in [5.41, 5.74) is 0.860. The lowest BCUT2D eigenvalue weighted by Crippen LogP contribution is -1.80. The molecule has 0 aliphatic heterocycles. The number of thiophene rings is 1. The molecule has 0 nitrogen and oxygen atoms in total. The van der Waals surface area contributed by atoms with Crippen molar-refractivity contribution >= 4 is 44.0 Å². The molecule has 2 rings (SSSR count). The molecule has 1 heterocycles. The summed E-state index contributed by atoms with van der Waals surface area (Å²) in [6, 6.07) is 6.05. The molecule has 0 aliphatic carbocycles. The Labute approximate surface area is 93.9 Å². The molecule has 13 heavy (non-hydrogen) atoms. The van der Waals surface area contributed by atoms with Crippen molar-refractivity contribution in [1.29, 1.82) is 0 Å². The number of rotatable bonds is 1. The van der Waals surface area contributed by atoms with Crippen molar-refractivity contribution in [2.45, 2.75) is 13.3 Å². The lowest BCUT2D eigenvalue weighted by Gasteiger charge is -1.94. The summed E-state index contributed by atoms with van der Waals surface area (Å²) >= 11 is 3.49. The molecule has 1 aromatic heterocycles. The zero-order chi connectivity index (χ0) is 9.42. The first-order chi connectivity index (χ1) is 6.22. The highest BCUT2D eigenvalue weighted by molar-refractivity contribution is 14.1. The van der Waals surface area contributed by atoms with Gasteiger partial charge in [0.2, 0.25) is 0 Å². The van der Waals surface area contributed by atoms with Gasteiger partial charge in [-0.3, -0.25) is 0 Å². The first kappa shape index (κ1) is 9.40. The molecule has 0 N–H and O–H groups in total. The Balaban J connectivity index is 2.80. The third-order valence-corrected chi connectivity index (χ3v) is 3.73. The van der Waals surface area contributed by atoms with Gasteiger partial charge in [0.15, 0.2) is 5.13 Å². The molecule has 0 unspecified atom stereocenters. The van der Waals surface area contributed by atoms with E-state index in [9.17, 15) is 4.39 Å². The number of hydrogen-bond acceptors (Lipinski definition) is 1. The molecule has 3 heteroatoms. The van der Waals surface area contributed by atoms with Crippen molar-refractivity contribution in [3.8, 4) is 0 Å². The van der Waals surface area contributed by atoms with Crippen LogP contribution in [0.15, 0.2) is 18.2 Å². The first-order valence-corrected chi connectivity index (χ1v) is 5.98. The van der Waals surface area contributed by atoms with Gasteiger partial charge in [-0.2, -0.15) is 4.39 Å². The van der Waals surface area contributed by atoms with Crippen molar-refractivity contribution < 1.29 is 4.39 Å². The van der Waals surface area contributed by atoms with Crippen LogP contribution < -0.4 is 0 Å². The van der Waals surface area contributed by atoms with Crippen LogP contribution in [0, 0.1) is 8.70 Å². The Morgan fingerprint density at radius 3 is 2.92 bits per heavy atom. The second kappa shape index (κ2) is 3.53. The smallest absolute Gasteiger partial charge is 0.180 e. The minimum Gasteiger partial charge on any atom is -0.195 e. The van der Waals surface area contributed by atoms with E-state index in [1.165, 1.54) is 11.3 Å². The number of halogens is 2. The molecular formula is C10H8FIS. The zero-order valence-corrected chi connectivity index (χ0v) is 10.1. The number of aryl methyl sites for hydroxylation is 1. The van der Waals surface area contributed by atoms with Gasteiger partial charge in [0.05, 0.1) is 0 Å². The van der Waals surface area contributed by atoms with Crippen molar-refractivity contribution in [1.82, 2.24) is 0 Å². The third-order valence-electron chi connectivity index (χ3n) is 2.06. The topological polar surface area (TPSA) is 0 Å². The van der Waals surface area contributed by atoms with Crippen LogP contribution in [0.3, 0.4) is 0 Å². The predicted molar refractivity (Wildman–Crippen MR) is 63.9 cm³/mol. The fraction of sp³-hybridized carbons (Fsp3) is 0.200. The van der Waals surface area contributed by atoms with Gasteiger partial charge in [-0.1, -0.05) is 6.92 Å². The normalized spacial score (nSPS) is 11.0. The van der Waals surface area contributed by atoms with Gasteiger partial charge in [-0.05, 0) is 52.6 Å². The maximum atomic E-state index is 13.4. The van der Waals surface area contributed by atoms with E-state index in [-0.39, 0.29) is 5.13 Å². The zero-order valence-electron chi connectivity index (χ0n) is 7.10. The minimum atomic E-state index is -0.0282. The summed E-state index contributed by atoms with van der Waals surface area (Å²) in [5.74, 6) is 0. The second-order valence-electron chi connectivity index (χ2n) is 2.85. The molecule has 0 saturated heterocycles. The van der Waals surface area contributed by atoms with Crippen LogP contribution >= 0.6 is 33.9 Å². The fourth-order valence-corrected chi connectivity index (χ4v) is 2.91. The Kier molecular flexibility index (Phi) is 2.55. The van der Waals surface area contributed by atoms with E-state index in [0.717, 1.165) is 25.6 Å². The predicted octanol–water partition coefficient (Wildman–Crippen LogP) is 4.21. The molecule has 0 radical (unpaired) electrons. The van der Waals surface area contributed by atoms with E-state index < -0.39 is 0 Å². The fourth-order valence-electron chi connectivity index (χ4n) is 1.42. The molecule has 0 fully saturated rings. The highest BCUT2D eigenvalue weighted by Crippen LogP contribution is 2.31. The summed E-state index contributed by atoms with van der Waals surface area (Å²) in [6.45, 7) is 1.99. The first-order valence-electron chi connectivity index (χ1n) is 4.08. The van der Waals surface area contributed by atoms with E-state index in [1.54, 1.807) is 0 Å². The van der Waals surface area contributed by atoms with Crippen molar-refractivity contribution in [3.05, 3.63) is 32.5 Å². The Morgan fingerprint density at radius 1 is 1.46 bits per heavy atom. The molecule has 0 atom stereocenters. The van der Waals surface area contributed by atoms with E-state index in [0.29, 0.717) is 0 Å². The highest BCUT2D eigenvalue weighted by Gasteiger charge is 2.09. The molecule has 1 aromatic carbocycles. The Hall–Kier alpha value is -0.160. The van der Waals surface area contributed by atoms with Crippen LogP contribution in [-0.2, 0) is 6.42 Å². The molecule has 2 aromatic rings. The maximum Gasteiger partial charge on any atom is 0.180 e. The van der Waals surface area contributed by atoms with Crippen LogP contribution in [-0.4, -0.2) is 0 Å². The number of benzene rings is 1. The summed E-state index contributed by atoms with van der Waals surface area (Å²) in [5, 5.41) is 1.05. The van der Waals surface area contributed by atoms with Crippen molar-refractivity contribution in [3.63, 3.8) is 0 Å². The van der Waals surface area contributed by atoms with Gasteiger partial charge in [-0.25, -0.2) is 0 Å². The SMILES string of the molecule is CCc1c(F)sc2ccc(I)cc12. The summed E-state index contributed by atoms with van der Waals surface area (Å²) in [6.07, 6.45) is 0.770. The molecule has 0 amide bonds. The van der Waals surface area contributed by atoms with Gasteiger partial charge in [0, 0.05) is 13.8 Å². The maximum absolute atomic E-state index is 13.4. The van der Waals surface area contributed by atoms with Gasteiger partial charge < -0.3 is 0 Å². The molecule has 0 saturated carbocycles. The van der Waals surface area contributed by atoms with Crippen LogP contribution in [0.25, 0.3) is 10.1 Å². The lowest BCUT2D eigenvalue weighted by molar-refractivity contribution is 0.644. The monoisotopic (exact) mass is 306 g/mol. The van der Waals surface area contributed by atoms with Gasteiger partial charge in [0.25, 0.3) is 0 Å². The van der Waals surface area contributed by atoms with E-state index in [2.05, 4.69) is 22.6 Å². The summed E-state index contributed by atoms with van der Waals surface area (Å²) < 4.78 is 15.6. The molecule has 0 spiro atoms. The largest absolute Gasteiger partial charge is 0.195 e. The second-order valence-corrected chi connectivity index (χ2v) is 5.10. The average molecular weight is 306 g/mol. The minimum absolute atomic E-state index is 0.0282. The molecule has 0 bridgehead atoms. The van der Waals surface area contributed by atoms with Crippen LogP contribution in [0.2, 0.25) is 0 Å².